The lowest BCUT2D eigenvalue weighted by Gasteiger charge is -2.35. The van der Waals surface area contributed by atoms with Crippen molar-refractivity contribution in [2.75, 3.05) is 29.9 Å². The number of nitrogens with zero attached hydrogens (tertiary/aromatic N) is 3. The van der Waals surface area contributed by atoms with Crippen LogP contribution in [0.5, 0.6) is 0 Å². The highest BCUT2D eigenvalue weighted by atomic mass is 32.1. The molecule has 1 aromatic heterocycles. The highest BCUT2D eigenvalue weighted by Gasteiger charge is 2.23. The summed E-state index contributed by atoms with van der Waals surface area (Å²) in [6, 6.07) is 8.28. The van der Waals surface area contributed by atoms with E-state index in [4.69, 9.17) is 0 Å². The van der Waals surface area contributed by atoms with Crippen LogP contribution in [0, 0.1) is 0 Å². The molecule has 2 heterocycles. The quantitative estimate of drug-likeness (QED) is 0.788. The summed E-state index contributed by atoms with van der Waals surface area (Å²) in [5.41, 5.74) is 2.91. The molecule has 1 aliphatic rings. The Hall–Kier alpha value is -1.88. The van der Waals surface area contributed by atoms with E-state index in [1.165, 1.54) is 17.0 Å². The summed E-state index contributed by atoms with van der Waals surface area (Å²) in [7, 11) is 2.10. The van der Waals surface area contributed by atoms with Gasteiger partial charge >= 0.3 is 0 Å². The van der Waals surface area contributed by atoms with Gasteiger partial charge in [0.1, 0.15) is 5.69 Å². The van der Waals surface area contributed by atoms with E-state index >= 15 is 0 Å². The number of carbonyl (C=O) groups is 1. The molecular formula is C14H15N3OS. The second-order valence-corrected chi connectivity index (χ2v) is 5.47. The van der Waals surface area contributed by atoms with Gasteiger partial charge in [-0.3, -0.25) is 4.79 Å². The fourth-order valence-electron chi connectivity index (χ4n) is 2.25. The number of ketones is 1. The van der Waals surface area contributed by atoms with E-state index in [9.17, 15) is 4.79 Å². The molecule has 98 valence electrons. The Kier molecular flexibility index (Phi) is 2.98. The number of aromatic nitrogens is 1. The van der Waals surface area contributed by atoms with Crippen LogP contribution in [0.3, 0.4) is 0 Å². The van der Waals surface area contributed by atoms with Crippen molar-refractivity contribution in [3.05, 3.63) is 35.3 Å². The maximum Gasteiger partial charge on any atom is 0.190 e. The standard InChI is InChI=1S/C14H15N3OS/c1-10(18)11-9-19-14(15-11)17-8-7-16(2)12-5-3-4-6-13(12)17/h3-6,9H,7-8H2,1-2H3. The number of rotatable bonds is 2. The molecular weight excluding hydrogens is 258 g/mol. The zero-order valence-corrected chi connectivity index (χ0v) is 11.8. The van der Waals surface area contributed by atoms with E-state index in [1.807, 2.05) is 17.5 Å². The minimum atomic E-state index is 0.0184. The Morgan fingerprint density at radius 3 is 2.68 bits per heavy atom. The topological polar surface area (TPSA) is 36.4 Å². The predicted molar refractivity (Wildman–Crippen MR) is 78.8 cm³/mol. The van der Waals surface area contributed by atoms with Crippen molar-refractivity contribution in [2.45, 2.75) is 6.92 Å². The van der Waals surface area contributed by atoms with Gasteiger partial charge in [-0.05, 0) is 12.1 Å². The molecule has 4 nitrogen and oxygen atoms in total. The van der Waals surface area contributed by atoms with Crippen molar-refractivity contribution in [1.29, 1.82) is 0 Å². The van der Waals surface area contributed by atoms with Crippen LogP contribution < -0.4 is 9.80 Å². The molecule has 0 N–H and O–H groups in total. The van der Waals surface area contributed by atoms with Gasteiger partial charge in [-0.1, -0.05) is 12.1 Å². The van der Waals surface area contributed by atoms with Crippen molar-refractivity contribution in [3.63, 3.8) is 0 Å². The number of hydrogen-bond donors (Lipinski definition) is 0. The third-order valence-electron chi connectivity index (χ3n) is 3.33. The lowest BCUT2D eigenvalue weighted by Crippen LogP contribution is -2.36. The fraction of sp³-hybridized carbons (Fsp3) is 0.286. The van der Waals surface area contributed by atoms with Crippen molar-refractivity contribution < 1.29 is 4.79 Å². The molecule has 19 heavy (non-hydrogen) atoms. The van der Waals surface area contributed by atoms with Gasteiger partial charge < -0.3 is 9.80 Å². The fourth-order valence-corrected chi connectivity index (χ4v) is 3.16. The predicted octanol–water partition coefficient (Wildman–Crippen LogP) is 2.93. The maximum absolute atomic E-state index is 11.4. The average Bonchev–Trinajstić information content (AvgIpc) is 2.89. The van der Waals surface area contributed by atoms with Gasteiger partial charge in [-0.2, -0.15) is 0 Å². The molecule has 0 aliphatic carbocycles. The maximum atomic E-state index is 11.4. The van der Waals surface area contributed by atoms with Crippen molar-refractivity contribution in [2.24, 2.45) is 0 Å². The molecule has 0 saturated carbocycles. The summed E-state index contributed by atoms with van der Waals surface area (Å²) in [5.74, 6) is 0.0184. The van der Waals surface area contributed by atoms with Crippen LogP contribution in [0.15, 0.2) is 29.6 Å². The lowest BCUT2D eigenvalue weighted by molar-refractivity contribution is 0.101. The summed E-state index contributed by atoms with van der Waals surface area (Å²) in [4.78, 5) is 20.2. The Balaban J connectivity index is 2.02. The molecule has 1 aromatic carbocycles. The summed E-state index contributed by atoms with van der Waals surface area (Å²) < 4.78 is 0. The first kappa shape index (κ1) is 12.2. The summed E-state index contributed by atoms with van der Waals surface area (Å²) in [6.07, 6.45) is 0. The first-order chi connectivity index (χ1) is 9.16. The van der Waals surface area contributed by atoms with E-state index in [0.29, 0.717) is 5.69 Å². The second-order valence-electron chi connectivity index (χ2n) is 4.63. The molecule has 0 unspecified atom stereocenters. The molecule has 0 fully saturated rings. The molecule has 0 bridgehead atoms. The third-order valence-corrected chi connectivity index (χ3v) is 4.19. The van der Waals surface area contributed by atoms with Crippen LogP contribution in [-0.2, 0) is 0 Å². The molecule has 3 rings (SSSR count). The zero-order valence-electron chi connectivity index (χ0n) is 11.0. The Labute approximate surface area is 116 Å². The number of para-hydroxylation sites is 2. The Bertz CT molecular complexity index is 623. The van der Waals surface area contributed by atoms with Crippen LogP contribution in [0.25, 0.3) is 0 Å². The molecule has 0 amide bonds. The molecule has 0 saturated heterocycles. The van der Waals surface area contributed by atoms with Gasteiger partial charge in [0.15, 0.2) is 10.9 Å². The van der Waals surface area contributed by atoms with E-state index in [0.717, 1.165) is 23.9 Å². The van der Waals surface area contributed by atoms with Crippen LogP contribution in [0.1, 0.15) is 17.4 Å². The van der Waals surface area contributed by atoms with E-state index in [-0.39, 0.29) is 5.78 Å². The Morgan fingerprint density at radius 1 is 1.26 bits per heavy atom. The smallest absolute Gasteiger partial charge is 0.190 e. The number of thiazole rings is 1. The summed E-state index contributed by atoms with van der Waals surface area (Å²) in [6.45, 7) is 3.39. The van der Waals surface area contributed by atoms with Gasteiger partial charge in [-0.25, -0.2) is 4.98 Å². The highest BCUT2D eigenvalue weighted by molar-refractivity contribution is 7.14. The van der Waals surface area contributed by atoms with Gasteiger partial charge in [0, 0.05) is 32.4 Å². The van der Waals surface area contributed by atoms with E-state index in [1.54, 1.807) is 6.92 Å². The van der Waals surface area contributed by atoms with Gasteiger partial charge in [0.2, 0.25) is 0 Å². The summed E-state index contributed by atoms with van der Waals surface area (Å²) in [5, 5.41) is 2.73. The zero-order chi connectivity index (χ0) is 13.4. The van der Waals surface area contributed by atoms with Gasteiger partial charge in [0.05, 0.1) is 11.4 Å². The van der Waals surface area contributed by atoms with E-state index in [2.05, 4.69) is 34.0 Å². The minimum Gasteiger partial charge on any atom is -0.371 e. The van der Waals surface area contributed by atoms with Crippen molar-refractivity contribution >= 4 is 33.6 Å². The number of Topliss-reactive ketones (excluding diaryl/α,β-unsaturated/α-hetero) is 1. The van der Waals surface area contributed by atoms with Crippen LogP contribution in [0.4, 0.5) is 16.5 Å². The monoisotopic (exact) mass is 273 g/mol. The number of anilines is 3. The first-order valence-corrected chi connectivity index (χ1v) is 7.09. The SMILES string of the molecule is CC(=O)c1csc(N2CCN(C)c3ccccc32)n1. The van der Waals surface area contributed by atoms with Gasteiger partial charge in [0.25, 0.3) is 0 Å². The molecule has 5 heteroatoms. The Morgan fingerprint density at radius 2 is 2.00 bits per heavy atom. The highest BCUT2D eigenvalue weighted by Crippen LogP contribution is 2.37. The molecule has 2 aromatic rings. The lowest BCUT2D eigenvalue weighted by atomic mass is 10.2. The minimum absolute atomic E-state index is 0.0184. The average molecular weight is 273 g/mol. The summed E-state index contributed by atoms with van der Waals surface area (Å²) >= 11 is 1.52. The first-order valence-electron chi connectivity index (χ1n) is 6.21. The number of carbonyl (C=O) groups excluding carboxylic acids is 1. The molecule has 0 spiro atoms. The largest absolute Gasteiger partial charge is 0.371 e. The normalized spacial score (nSPS) is 14.4. The molecule has 0 radical (unpaired) electrons. The van der Waals surface area contributed by atoms with E-state index < -0.39 is 0 Å². The van der Waals surface area contributed by atoms with Gasteiger partial charge in [-0.15, -0.1) is 11.3 Å². The molecule has 0 atom stereocenters. The van der Waals surface area contributed by atoms with Crippen LogP contribution in [-0.4, -0.2) is 30.9 Å². The number of benzene rings is 1. The van der Waals surface area contributed by atoms with Crippen LogP contribution in [0.2, 0.25) is 0 Å². The third kappa shape index (κ3) is 2.10. The number of hydrogen-bond acceptors (Lipinski definition) is 5. The van der Waals surface area contributed by atoms with Crippen molar-refractivity contribution in [1.82, 2.24) is 4.98 Å². The number of fused-ring (bicyclic) bond motifs is 1. The second kappa shape index (κ2) is 4.66. The molecule has 1 aliphatic heterocycles. The number of likely N-dealkylation sites (N-methyl/N-ethyl adjacent to an activating group) is 1. The van der Waals surface area contributed by atoms with Crippen molar-refractivity contribution in [3.8, 4) is 0 Å². The van der Waals surface area contributed by atoms with Crippen LogP contribution >= 0.6 is 11.3 Å².